The molecule has 0 spiro atoms. The van der Waals surface area contributed by atoms with E-state index in [2.05, 4.69) is 18.3 Å². The Hall–Kier alpha value is -2.05. The van der Waals surface area contributed by atoms with E-state index in [4.69, 9.17) is 9.47 Å². The van der Waals surface area contributed by atoms with E-state index in [1.807, 2.05) is 0 Å². The van der Waals surface area contributed by atoms with E-state index in [9.17, 15) is 19.5 Å². The molecule has 0 heterocycles. The molecule has 0 aliphatic heterocycles. The smallest absolute Gasteiger partial charge is 0.410 e. The molecule has 24 heavy (non-hydrogen) atoms. The number of carbonyl (C=O) groups excluding carboxylic acids is 2. The van der Waals surface area contributed by atoms with Gasteiger partial charge in [0.1, 0.15) is 0 Å². The lowest BCUT2D eigenvalue weighted by atomic mass is 9.53. The van der Waals surface area contributed by atoms with Gasteiger partial charge in [-0.25, -0.2) is 4.79 Å². The molecule has 0 aromatic rings. The van der Waals surface area contributed by atoms with Gasteiger partial charge in [-0.15, -0.1) is 0 Å². The minimum absolute atomic E-state index is 0.0153. The molecular formula is C17H25NO6. The third-order valence-electron chi connectivity index (χ3n) is 4.97. The molecule has 7 nitrogen and oxygen atoms in total. The average molecular weight is 339 g/mol. The summed E-state index contributed by atoms with van der Waals surface area (Å²) in [5, 5.41) is 11.9. The van der Waals surface area contributed by atoms with Crippen LogP contribution in [0.1, 0.15) is 46.5 Å². The first kappa shape index (κ1) is 18.3. The van der Waals surface area contributed by atoms with Gasteiger partial charge in [0.05, 0.1) is 6.42 Å². The lowest BCUT2D eigenvalue weighted by Gasteiger charge is -2.51. The molecule has 1 amide bonds. The SMILES string of the molecule is CCC1=C[C@@H]2[C@H](C1)C[C@]2(CNC(=O)O[C@H](C)OC(C)=O)CC(=O)O. The molecule has 2 N–H and O–H groups in total. The van der Waals surface area contributed by atoms with Crippen molar-refractivity contribution in [3.05, 3.63) is 11.6 Å². The van der Waals surface area contributed by atoms with Crippen LogP contribution < -0.4 is 5.32 Å². The van der Waals surface area contributed by atoms with Crippen molar-refractivity contribution in [2.75, 3.05) is 6.54 Å². The minimum atomic E-state index is -0.981. The van der Waals surface area contributed by atoms with Crippen molar-refractivity contribution in [1.82, 2.24) is 5.32 Å². The van der Waals surface area contributed by atoms with Crippen molar-refractivity contribution >= 4 is 18.0 Å². The number of nitrogens with one attached hydrogen (secondary N) is 1. The van der Waals surface area contributed by atoms with Crippen molar-refractivity contribution in [1.29, 1.82) is 0 Å². The van der Waals surface area contributed by atoms with E-state index >= 15 is 0 Å². The van der Waals surface area contributed by atoms with Crippen molar-refractivity contribution in [3.63, 3.8) is 0 Å². The monoisotopic (exact) mass is 339 g/mol. The van der Waals surface area contributed by atoms with E-state index in [0.717, 1.165) is 19.3 Å². The number of aliphatic carboxylic acids is 1. The normalized spacial score (nSPS) is 28.9. The van der Waals surface area contributed by atoms with Gasteiger partial charge in [0.2, 0.25) is 6.29 Å². The highest BCUT2D eigenvalue weighted by Crippen LogP contribution is 2.59. The molecule has 0 aromatic carbocycles. The van der Waals surface area contributed by atoms with Crippen LogP contribution in [0.4, 0.5) is 4.79 Å². The van der Waals surface area contributed by atoms with Crippen LogP contribution in [0.5, 0.6) is 0 Å². The highest BCUT2D eigenvalue weighted by atomic mass is 16.7. The molecule has 2 rings (SSSR count). The van der Waals surface area contributed by atoms with Crippen LogP contribution in [0, 0.1) is 17.3 Å². The number of esters is 1. The second-order valence-corrected chi connectivity index (χ2v) is 6.74. The number of alkyl carbamates (subject to hydrolysis) is 1. The molecule has 0 bridgehead atoms. The van der Waals surface area contributed by atoms with Crippen LogP contribution in [0.25, 0.3) is 0 Å². The number of carboxylic acid groups (broad SMARTS) is 1. The first-order chi connectivity index (χ1) is 11.3. The number of fused-ring (bicyclic) bond motifs is 1. The maximum absolute atomic E-state index is 11.8. The van der Waals surface area contributed by atoms with E-state index < -0.39 is 29.7 Å². The maximum atomic E-state index is 11.8. The fourth-order valence-corrected chi connectivity index (χ4v) is 4.00. The molecule has 0 unspecified atom stereocenters. The van der Waals surface area contributed by atoms with Crippen LogP contribution >= 0.6 is 0 Å². The summed E-state index contributed by atoms with van der Waals surface area (Å²) < 4.78 is 9.66. The second kappa shape index (κ2) is 7.23. The zero-order valence-electron chi connectivity index (χ0n) is 14.3. The number of allylic oxidation sites excluding steroid dienone is 2. The van der Waals surface area contributed by atoms with Crippen molar-refractivity contribution < 1.29 is 29.0 Å². The Morgan fingerprint density at radius 2 is 2.12 bits per heavy atom. The summed E-state index contributed by atoms with van der Waals surface area (Å²) in [6, 6.07) is 0. The van der Waals surface area contributed by atoms with Crippen LogP contribution in [-0.2, 0) is 19.1 Å². The van der Waals surface area contributed by atoms with Gasteiger partial charge >= 0.3 is 18.0 Å². The summed E-state index contributed by atoms with van der Waals surface area (Å²) in [6.45, 7) is 5.01. The molecular weight excluding hydrogens is 314 g/mol. The van der Waals surface area contributed by atoms with Crippen LogP contribution in [0.3, 0.4) is 0 Å². The molecule has 1 saturated carbocycles. The van der Waals surface area contributed by atoms with E-state index in [-0.39, 0.29) is 18.9 Å². The third-order valence-corrected chi connectivity index (χ3v) is 4.97. The zero-order chi connectivity index (χ0) is 17.9. The van der Waals surface area contributed by atoms with Gasteiger partial charge < -0.3 is 19.9 Å². The number of rotatable bonds is 7. The summed E-state index contributed by atoms with van der Waals surface area (Å²) in [5.74, 6) is -0.732. The minimum Gasteiger partial charge on any atom is -0.481 e. The van der Waals surface area contributed by atoms with Gasteiger partial charge in [0.25, 0.3) is 0 Å². The Balaban J connectivity index is 1.94. The van der Waals surface area contributed by atoms with E-state index in [0.29, 0.717) is 5.92 Å². The Labute approximate surface area is 141 Å². The van der Waals surface area contributed by atoms with Crippen molar-refractivity contribution in [2.24, 2.45) is 17.3 Å². The van der Waals surface area contributed by atoms with Crippen molar-refractivity contribution in [3.8, 4) is 0 Å². The number of carbonyl (C=O) groups is 3. The van der Waals surface area contributed by atoms with Gasteiger partial charge in [0.15, 0.2) is 0 Å². The number of carboxylic acids is 1. The van der Waals surface area contributed by atoms with Gasteiger partial charge in [-0.2, -0.15) is 0 Å². The molecule has 4 atom stereocenters. The first-order valence-corrected chi connectivity index (χ1v) is 8.29. The number of hydrogen-bond acceptors (Lipinski definition) is 5. The highest BCUT2D eigenvalue weighted by Gasteiger charge is 2.55. The number of amides is 1. The molecule has 0 aromatic heterocycles. The summed E-state index contributed by atoms with van der Waals surface area (Å²) in [5.41, 5.74) is 0.903. The van der Waals surface area contributed by atoms with Gasteiger partial charge in [-0.3, -0.25) is 9.59 Å². The topological polar surface area (TPSA) is 102 Å². The van der Waals surface area contributed by atoms with Crippen LogP contribution in [0.2, 0.25) is 0 Å². The van der Waals surface area contributed by atoms with Crippen LogP contribution in [-0.4, -0.2) is 36.0 Å². The number of ether oxygens (including phenoxy) is 2. The molecule has 134 valence electrons. The van der Waals surface area contributed by atoms with Crippen LogP contribution in [0.15, 0.2) is 11.6 Å². The summed E-state index contributed by atoms with van der Waals surface area (Å²) in [4.78, 5) is 33.9. The summed E-state index contributed by atoms with van der Waals surface area (Å²) in [7, 11) is 0. The maximum Gasteiger partial charge on any atom is 0.410 e. The summed E-state index contributed by atoms with van der Waals surface area (Å²) >= 11 is 0. The Morgan fingerprint density at radius 1 is 1.42 bits per heavy atom. The lowest BCUT2D eigenvalue weighted by Crippen LogP contribution is -2.53. The predicted octanol–water partition coefficient (Wildman–Crippen LogP) is 2.46. The molecule has 1 fully saturated rings. The summed E-state index contributed by atoms with van der Waals surface area (Å²) in [6.07, 6.45) is 3.29. The first-order valence-electron chi connectivity index (χ1n) is 8.29. The van der Waals surface area contributed by atoms with Gasteiger partial charge in [-0.1, -0.05) is 18.6 Å². The zero-order valence-corrected chi connectivity index (χ0v) is 14.3. The second-order valence-electron chi connectivity index (χ2n) is 6.74. The van der Waals surface area contributed by atoms with Gasteiger partial charge in [0, 0.05) is 25.8 Å². The standard InChI is InChI=1S/C17H25NO6/c1-4-12-5-13-7-17(8-15(20)21,14(13)6-12)9-18-16(22)24-11(3)23-10(2)19/h6,11,13-14H,4-5,7-9H2,1-3H3,(H,18,22)(H,20,21)/t11-,13-,14-,17-/m1/s1. The van der Waals surface area contributed by atoms with E-state index in [1.54, 1.807) is 0 Å². The average Bonchev–Trinajstić information content (AvgIpc) is 2.80. The number of hydrogen-bond donors (Lipinski definition) is 2. The molecule has 2 aliphatic carbocycles. The Bertz CT molecular complexity index is 557. The van der Waals surface area contributed by atoms with E-state index in [1.165, 1.54) is 19.4 Å². The molecule has 7 heteroatoms. The predicted molar refractivity (Wildman–Crippen MR) is 85.0 cm³/mol. The third kappa shape index (κ3) is 4.07. The lowest BCUT2D eigenvalue weighted by molar-refractivity contribution is -0.162. The molecule has 0 saturated heterocycles. The molecule has 0 radical (unpaired) electrons. The Kier molecular flexibility index (Phi) is 5.51. The van der Waals surface area contributed by atoms with Gasteiger partial charge in [-0.05, 0) is 31.1 Å². The molecule has 2 aliphatic rings. The quantitative estimate of drug-likeness (QED) is 0.420. The highest BCUT2D eigenvalue weighted by molar-refractivity contribution is 5.70. The fourth-order valence-electron chi connectivity index (χ4n) is 4.00. The van der Waals surface area contributed by atoms with Crippen molar-refractivity contribution in [2.45, 2.75) is 52.7 Å². The Morgan fingerprint density at radius 3 is 2.71 bits per heavy atom. The largest absolute Gasteiger partial charge is 0.481 e. The fraction of sp³-hybridized carbons (Fsp3) is 0.706.